The number of hydrogen-bond donors (Lipinski definition) is 1. The van der Waals surface area contributed by atoms with Crippen LogP contribution in [0.15, 0.2) is 12.7 Å². The Bertz CT molecular complexity index is 366. The number of carbonyl (C=O) groups is 1. The third-order valence-electron chi connectivity index (χ3n) is 3.90. The van der Waals surface area contributed by atoms with Crippen molar-refractivity contribution >= 4 is 23.3 Å². The number of amides is 1. The highest BCUT2D eigenvalue weighted by molar-refractivity contribution is 6.78. The topological polar surface area (TPSA) is 59.0 Å². The van der Waals surface area contributed by atoms with E-state index in [1.807, 2.05) is 0 Å². The fourth-order valence-corrected chi connectivity index (χ4v) is 9.82. The summed E-state index contributed by atoms with van der Waals surface area (Å²) in [5.41, 5.74) is 0. The van der Waals surface area contributed by atoms with E-state index >= 15 is 0 Å². The summed E-state index contributed by atoms with van der Waals surface area (Å²) >= 11 is 0. The molecule has 0 fully saturated rings. The second-order valence-corrected chi connectivity index (χ2v) is 14.2. The first-order valence-corrected chi connectivity index (χ1v) is 14.6. The highest BCUT2D eigenvalue weighted by Crippen LogP contribution is 2.17. The van der Waals surface area contributed by atoms with Gasteiger partial charge in [0.1, 0.15) is 0 Å². The minimum absolute atomic E-state index is 0.194. The van der Waals surface area contributed by atoms with Crippen LogP contribution >= 0.6 is 0 Å². The Kier molecular flexibility index (Phi) is 12.6. The zero-order valence-electron chi connectivity index (χ0n) is 16.2. The predicted octanol–water partition coefficient (Wildman–Crippen LogP) is 2.77. The number of nitrogens with zero attached hydrogens (tertiary/aromatic N) is 1. The maximum Gasteiger partial charge on any atom is 0.245 e. The van der Waals surface area contributed by atoms with E-state index < -0.39 is 23.5 Å². The van der Waals surface area contributed by atoms with E-state index in [-0.39, 0.29) is 19.1 Å². The van der Waals surface area contributed by atoms with Gasteiger partial charge in [-0.15, -0.1) is 0 Å². The van der Waals surface area contributed by atoms with Crippen molar-refractivity contribution in [3.63, 3.8) is 0 Å². The fraction of sp³-hybridized carbons (Fsp3) is 0.824. The highest BCUT2D eigenvalue weighted by atomic mass is 28.4. The first-order valence-electron chi connectivity index (χ1n) is 9.03. The first-order chi connectivity index (χ1) is 11.2. The molecule has 0 aromatic heterocycles. The maximum atomic E-state index is 11.3. The van der Waals surface area contributed by atoms with Crippen LogP contribution in [0.2, 0.25) is 31.7 Å². The summed E-state index contributed by atoms with van der Waals surface area (Å²) in [4.78, 5) is 12.8. The van der Waals surface area contributed by atoms with Crippen molar-refractivity contribution in [2.45, 2.75) is 64.0 Å². The van der Waals surface area contributed by atoms with Crippen LogP contribution < -0.4 is 0 Å². The normalized spacial score (nSPS) is 14.2. The Labute approximate surface area is 150 Å². The van der Waals surface area contributed by atoms with Gasteiger partial charge in [0, 0.05) is 20.2 Å². The first kappa shape index (κ1) is 23.5. The maximum absolute atomic E-state index is 11.3. The molecule has 142 valence electrons. The van der Waals surface area contributed by atoms with Crippen molar-refractivity contribution in [2.24, 2.45) is 0 Å². The van der Waals surface area contributed by atoms with E-state index in [2.05, 4.69) is 33.1 Å². The molecule has 0 aliphatic rings. The third-order valence-corrected chi connectivity index (χ3v) is 10.8. The molecular weight excluding hydrogens is 338 g/mol. The number of aliphatic hydroxyl groups excluding tert-OH is 1. The van der Waals surface area contributed by atoms with Crippen LogP contribution in [-0.4, -0.2) is 66.2 Å². The highest BCUT2D eigenvalue weighted by Gasteiger charge is 2.24. The molecule has 1 amide bonds. The van der Waals surface area contributed by atoms with E-state index in [1.165, 1.54) is 29.9 Å². The van der Waals surface area contributed by atoms with Gasteiger partial charge in [-0.2, -0.15) is 0 Å². The SMILES string of the molecule is C=CC(=O)N(C)CC(O)COCCC[SiH](C)O[Si](C)(C)CCCC. The molecular formula is C17H37NO4Si2. The molecule has 7 heteroatoms. The summed E-state index contributed by atoms with van der Waals surface area (Å²) < 4.78 is 11.9. The largest absolute Gasteiger partial charge is 0.458 e. The number of rotatable bonds is 14. The van der Waals surface area contributed by atoms with E-state index in [1.54, 1.807) is 7.05 Å². The van der Waals surface area contributed by atoms with E-state index in [0.717, 1.165) is 12.5 Å². The van der Waals surface area contributed by atoms with Crippen LogP contribution in [0.3, 0.4) is 0 Å². The van der Waals surface area contributed by atoms with Crippen molar-refractivity contribution in [2.75, 3.05) is 26.8 Å². The van der Waals surface area contributed by atoms with Gasteiger partial charge >= 0.3 is 0 Å². The number of likely N-dealkylation sites (N-methyl/N-ethyl adjacent to an activating group) is 1. The summed E-state index contributed by atoms with van der Waals surface area (Å²) in [5.74, 6) is -0.194. The second kappa shape index (κ2) is 12.8. The van der Waals surface area contributed by atoms with E-state index in [9.17, 15) is 9.90 Å². The number of ether oxygens (including phenoxy) is 1. The zero-order valence-corrected chi connectivity index (χ0v) is 18.4. The third kappa shape index (κ3) is 12.0. The minimum Gasteiger partial charge on any atom is -0.458 e. The molecule has 0 aromatic rings. The molecule has 24 heavy (non-hydrogen) atoms. The predicted molar refractivity (Wildman–Crippen MR) is 105 cm³/mol. The Morgan fingerprint density at radius 3 is 2.67 bits per heavy atom. The van der Waals surface area contributed by atoms with Gasteiger partial charge in [-0.3, -0.25) is 4.79 Å². The van der Waals surface area contributed by atoms with Crippen LogP contribution in [0, 0.1) is 0 Å². The van der Waals surface area contributed by atoms with Crippen LogP contribution in [0.4, 0.5) is 0 Å². The summed E-state index contributed by atoms with van der Waals surface area (Å²) in [6.45, 7) is 13.7. The molecule has 0 heterocycles. The van der Waals surface area contributed by atoms with Crippen molar-refractivity contribution in [1.29, 1.82) is 0 Å². The summed E-state index contributed by atoms with van der Waals surface area (Å²) in [7, 11) is -0.953. The molecule has 0 aliphatic carbocycles. The summed E-state index contributed by atoms with van der Waals surface area (Å²) in [6, 6.07) is 2.36. The summed E-state index contributed by atoms with van der Waals surface area (Å²) in [5, 5.41) is 9.84. The van der Waals surface area contributed by atoms with Gasteiger partial charge in [-0.1, -0.05) is 26.3 Å². The lowest BCUT2D eigenvalue weighted by atomic mass is 10.3. The average Bonchev–Trinajstić information content (AvgIpc) is 2.51. The Balaban J connectivity index is 3.78. The lowest BCUT2D eigenvalue weighted by Gasteiger charge is -2.27. The zero-order chi connectivity index (χ0) is 18.6. The standard InChI is InChI=1S/C17H37NO4Si2/c1-7-9-13-24(5,6)22-23(4)12-10-11-21-15-16(19)14-18(3)17(20)8-2/h8,16,19,23H,2,7,9-15H2,1,3-6H3. The molecule has 0 bridgehead atoms. The van der Waals surface area contributed by atoms with Crippen LogP contribution in [0.1, 0.15) is 26.2 Å². The van der Waals surface area contributed by atoms with Gasteiger partial charge in [-0.05, 0) is 44.2 Å². The van der Waals surface area contributed by atoms with Gasteiger partial charge in [0.25, 0.3) is 0 Å². The molecule has 0 spiro atoms. The van der Waals surface area contributed by atoms with E-state index in [0.29, 0.717) is 6.61 Å². The number of hydrogen-bond acceptors (Lipinski definition) is 4. The molecule has 2 atom stereocenters. The Morgan fingerprint density at radius 2 is 2.08 bits per heavy atom. The molecule has 0 saturated carbocycles. The van der Waals surface area contributed by atoms with Gasteiger partial charge < -0.3 is 18.9 Å². The monoisotopic (exact) mass is 375 g/mol. The number of aliphatic hydroxyl groups is 1. The number of carbonyl (C=O) groups excluding carboxylic acids is 1. The molecule has 0 rings (SSSR count). The smallest absolute Gasteiger partial charge is 0.245 e. The lowest BCUT2D eigenvalue weighted by molar-refractivity contribution is -0.126. The molecule has 1 N–H and O–H groups in total. The molecule has 0 aliphatic heterocycles. The van der Waals surface area contributed by atoms with Crippen molar-refractivity contribution in [1.82, 2.24) is 4.90 Å². The van der Waals surface area contributed by atoms with Gasteiger partial charge in [0.2, 0.25) is 5.91 Å². The summed E-state index contributed by atoms with van der Waals surface area (Å²) in [6.07, 6.45) is 4.05. The Morgan fingerprint density at radius 1 is 1.42 bits per heavy atom. The molecule has 2 unspecified atom stereocenters. The molecule has 0 saturated heterocycles. The number of unbranched alkanes of at least 4 members (excludes halogenated alkanes) is 1. The second-order valence-electron chi connectivity index (χ2n) is 7.09. The molecule has 5 nitrogen and oxygen atoms in total. The Hall–Kier alpha value is -0.476. The molecule has 0 radical (unpaired) electrons. The van der Waals surface area contributed by atoms with Crippen molar-refractivity contribution in [3.8, 4) is 0 Å². The average molecular weight is 376 g/mol. The lowest BCUT2D eigenvalue weighted by Crippen LogP contribution is -2.36. The van der Waals surface area contributed by atoms with Crippen LogP contribution in [-0.2, 0) is 13.6 Å². The van der Waals surface area contributed by atoms with Crippen molar-refractivity contribution in [3.05, 3.63) is 12.7 Å². The molecule has 0 aromatic carbocycles. The van der Waals surface area contributed by atoms with Crippen molar-refractivity contribution < 1.29 is 18.8 Å². The fourth-order valence-electron chi connectivity index (χ4n) is 2.57. The quantitative estimate of drug-likeness (QED) is 0.288. The van der Waals surface area contributed by atoms with Crippen LogP contribution in [0.5, 0.6) is 0 Å². The van der Waals surface area contributed by atoms with Gasteiger partial charge in [0.15, 0.2) is 17.4 Å². The van der Waals surface area contributed by atoms with Crippen LogP contribution in [0.25, 0.3) is 0 Å². The van der Waals surface area contributed by atoms with E-state index in [4.69, 9.17) is 8.85 Å². The minimum atomic E-state index is -1.47. The van der Waals surface area contributed by atoms with Gasteiger partial charge in [0.05, 0.1) is 12.7 Å². The van der Waals surface area contributed by atoms with Gasteiger partial charge in [-0.25, -0.2) is 0 Å².